The Kier molecular flexibility index (Phi) is 10.5. The molecule has 0 radical (unpaired) electrons. The Morgan fingerprint density at radius 2 is 1.21 bits per heavy atom. The number of hydrogen-bond donors (Lipinski definition) is 1. The molecule has 10 rings (SSSR count). The van der Waals surface area contributed by atoms with Crippen molar-refractivity contribution in [3.05, 3.63) is 168 Å². The van der Waals surface area contributed by atoms with E-state index in [9.17, 15) is 7.85 Å². The summed E-state index contributed by atoms with van der Waals surface area (Å²) in [6.07, 6.45) is 6.97. The topological polar surface area (TPSA) is 50.9 Å². The maximum Gasteiger partial charge on any atom is 0.149 e. The van der Waals surface area contributed by atoms with Crippen LogP contribution in [0.25, 0.3) is 72.7 Å². The van der Waals surface area contributed by atoms with E-state index in [1.54, 1.807) is 6.07 Å². The molecule has 0 saturated heterocycles. The third-order valence-electron chi connectivity index (χ3n) is 13.9. The number of benzene rings is 6. The molecule has 4 nitrogen and oxygen atoms in total. The summed E-state index contributed by atoms with van der Waals surface area (Å²) in [4.78, 5) is 10.5. The Morgan fingerprint density at radius 3 is 1.91 bits per heavy atom. The number of rotatable bonds is 10. The Bertz CT molecular complexity index is 3200. The number of hydrogen-bond acceptors (Lipinski definition) is 3. The van der Waals surface area contributed by atoms with Gasteiger partial charge >= 0.3 is 0 Å². The van der Waals surface area contributed by atoms with Crippen LogP contribution in [0.1, 0.15) is 121 Å². The molecule has 1 N–H and O–H groups in total. The van der Waals surface area contributed by atoms with Crippen molar-refractivity contribution in [3.63, 3.8) is 0 Å². The number of para-hydroxylation sites is 1. The highest BCUT2D eigenvalue weighted by atomic mass is 16.3. The van der Waals surface area contributed by atoms with Crippen molar-refractivity contribution in [3.8, 4) is 67.5 Å². The largest absolute Gasteiger partial charge is 0.507 e. The van der Waals surface area contributed by atoms with Gasteiger partial charge in [0.15, 0.2) is 0 Å². The fourth-order valence-electron chi connectivity index (χ4n) is 10.1. The summed E-state index contributed by atoms with van der Waals surface area (Å²) < 4.78 is 39.0. The first-order valence-corrected chi connectivity index (χ1v) is 24.2. The second-order valence-corrected chi connectivity index (χ2v) is 20.8. The zero-order valence-electron chi connectivity index (χ0n) is 43.5. The van der Waals surface area contributed by atoms with Crippen molar-refractivity contribution < 1.29 is 10.6 Å². The number of imidazole rings is 1. The smallest absolute Gasteiger partial charge is 0.149 e. The summed E-state index contributed by atoms with van der Waals surface area (Å²) in [5, 5.41) is 11.9. The second-order valence-electron chi connectivity index (χ2n) is 20.8. The summed E-state index contributed by atoms with van der Waals surface area (Å²) in [7, 11) is 0. The lowest BCUT2D eigenvalue weighted by Gasteiger charge is -2.22. The molecule has 0 spiro atoms. The summed E-state index contributed by atoms with van der Waals surface area (Å²) in [6.45, 7) is 13.2. The van der Waals surface area contributed by atoms with Gasteiger partial charge in [-0.25, -0.2) is 4.98 Å². The van der Waals surface area contributed by atoms with Crippen molar-refractivity contribution in [2.24, 2.45) is 11.8 Å². The van der Waals surface area contributed by atoms with Gasteiger partial charge in [0.25, 0.3) is 0 Å². The summed E-state index contributed by atoms with van der Waals surface area (Å²) in [5.74, 6) is 0.751. The molecule has 2 fully saturated rings. The van der Waals surface area contributed by atoms with E-state index in [-0.39, 0.29) is 28.4 Å². The Hall–Kier alpha value is -6.26. The highest BCUT2D eigenvalue weighted by Crippen LogP contribution is 2.43. The fraction of sp³-hybridized carbons (Fsp3) is 0.323. The molecule has 2 aliphatic rings. The maximum absolute atomic E-state index is 11.9. The van der Waals surface area contributed by atoms with Crippen LogP contribution in [0.4, 0.5) is 0 Å². The third-order valence-corrected chi connectivity index (χ3v) is 13.9. The van der Waals surface area contributed by atoms with Crippen LogP contribution in [0.5, 0.6) is 5.75 Å². The SMILES string of the molecule is [2H]C([2H])(c1ccc(-c2ccnc(-c3cc(-c4cccc5c4nc(-c4cc(C(C)(C)C)ccc4O)n5-c4ccc(C([2H])([2H])C5CCCC5)cc4-c4ccccc4)cc(C(C)(C)C)c3)c2)cc1)C1CCCC1. The van der Waals surface area contributed by atoms with Gasteiger partial charge in [-0.1, -0.05) is 178 Å². The van der Waals surface area contributed by atoms with Crippen LogP contribution in [-0.2, 0) is 23.6 Å². The molecule has 8 aromatic rings. The van der Waals surface area contributed by atoms with Gasteiger partial charge in [0.2, 0.25) is 0 Å². The van der Waals surface area contributed by atoms with Crippen LogP contribution in [0.3, 0.4) is 0 Å². The van der Waals surface area contributed by atoms with Gasteiger partial charge in [0.05, 0.1) is 28.0 Å². The van der Waals surface area contributed by atoms with Crippen molar-refractivity contribution in [2.75, 3.05) is 0 Å². The average Bonchev–Trinajstić information content (AvgIpc) is 4.17. The number of phenols is 1. The number of nitrogens with zero attached hydrogens (tertiary/aromatic N) is 3. The number of pyridine rings is 1. The lowest BCUT2D eigenvalue weighted by atomic mass is 9.83. The monoisotopic (exact) mass is 872 g/mol. The molecule has 2 aliphatic carbocycles. The number of fused-ring (bicyclic) bond motifs is 1. The zero-order valence-corrected chi connectivity index (χ0v) is 39.5. The predicted molar refractivity (Wildman–Crippen MR) is 276 cm³/mol. The molecule has 0 atom stereocenters. The average molecular weight is 872 g/mol. The first-order valence-electron chi connectivity index (χ1n) is 26.2. The van der Waals surface area contributed by atoms with Gasteiger partial charge in [0.1, 0.15) is 11.6 Å². The lowest BCUT2D eigenvalue weighted by molar-refractivity contribution is 0.475. The molecule has 66 heavy (non-hydrogen) atoms. The second kappa shape index (κ2) is 17.9. The Labute approximate surface area is 398 Å². The van der Waals surface area contributed by atoms with Gasteiger partial charge in [-0.05, 0) is 135 Å². The van der Waals surface area contributed by atoms with E-state index >= 15 is 0 Å². The van der Waals surface area contributed by atoms with Crippen LogP contribution < -0.4 is 0 Å². The van der Waals surface area contributed by atoms with Crippen molar-refractivity contribution in [1.29, 1.82) is 0 Å². The first-order chi connectivity index (χ1) is 33.4. The highest BCUT2D eigenvalue weighted by molar-refractivity contribution is 5.97. The molecule has 6 aromatic carbocycles. The highest BCUT2D eigenvalue weighted by Gasteiger charge is 2.26. The Balaban J connectivity index is 1.15. The summed E-state index contributed by atoms with van der Waals surface area (Å²) >= 11 is 0. The van der Waals surface area contributed by atoms with Gasteiger partial charge in [0, 0.05) is 28.4 Å². The van der Waals surface area contributed by atoms with Crippen molar-refractivity contribution >= 4 is 11.0 Å². The molecular formula is C62H65N3O. The predicted octanol–water partition coefficient (Wildman–Crippen LogP) is 16.5. The molecule has 0 aliphatic heterocycles. The van der Waals surface area contributed by atoms with E-state index in [1.165, 1.54) is 0 Å². The zero-order chi connectivity index (χ0) is 49.2. The standard InChI is InChI=1S/C62H65N3O/c1-61(2,3)50-28-30-58(66)54(40-50)60-64-59-52(21-14-22-57(59)65(60)56-29-25-44(34-42-17-12-13-18-42)35-53(56)46-19-8-7-9-20-46)48-36-49(38-51(37-48)62(4,5)6)55-39-47(31-32-63-55)45-26-23-43(24-27-45)33-41-15-10-11-16-41/h7-9,14,19-32,35-42,66H,10-13,15-18,33-34H2,1-6H3/i33D2,34D2. The van der Waals surface area contributed by atoms with E-state index in [4.69, 9.17) is 12.7 Å². The van der Waals surface area contributed by atoms with Crippen LogP contribution in [-0.4, -0.2) is 19.6 Å². The lowest BCUT2D eigenvalue weighted by Crippen LogP contribution is -2.11. The van der Waals surface area contributed by atoms with Gasteiger partial charge < -0.3 is 5.11 Å². The molecule has 2 aromatic heterocycles. The van der Waals surface area contributed by atoms with Crippen LogP contribution in [0.15, 0.2) is 146 Å². The minimum atomic E-state index is -1.49. The van der Waals surface area contributed by atoms with Crippen molar-refractivity contribution in [2.45, 2.75) is 116 Å². The Morgan fingerprint density at radius 1 is 0.545 bits per heavy atom. The molecular weight excluding hydrogens is 803 g/mol. The van der Waals surface area contributed by atoms with E-state index < -0.39 is 12.7 Å². The molecule has 0 amide bonds. The molecule has 2 heterocycles. The minimum absolute atomic E-state index is 0.0375. The third kappa shape index (κ3) is 9.00. The fourth-order valence-corrected chi connectivity index (χ4v) is 10.1. The molecule has 0 unspecified atom stereocenters. The van der Waals surface area contributed by atoms with E-state index in [0.29, 0.717) is 17.0 Å². The number of aromatic nitrogens is 3. The van der Waals surface area contributed by atoms with Gasteiger partial charge in [-0.2, -0.15) is 0 Å². The molecule has 334 valence electrons. The number of phenolic OH excluding ortho intramolecular Hbond substituents is 1. The van der Waals surface area contributed by atoms with Gasteiger partial charge in [-0.3, -0.25) is 9.55 Å². The van der Waals surface area contributed by atoms with Crippen LogP contribution >= 0.6 is 0 Å². The van der Waals surface area contributed by atoms with E-state index in [1.807, 2.05) is 66.9 Å². The van der Waals surface area contributed by atoms with Crippen LogP contribution in [0, 0.1) is 11.8 Å². The first kappa shape index (κ1) is 39.0. The van der Waals surface area contributed by atoms with E-state index in [0.717, 1.165) is 129 Å². The van der Waals surface area contributed by atoms with Gasteiger partial charge in [-0.15, -0.1) is 0 Å². The maximum atomic E-state index is 11.9. The molecule has 0 bridgehead atoms. The molecule has 4 heteroatoms. The normalized spacial score (nSPS) is 16.3. The summed E-state index contributed by atoms with van der Waals surface area (Å²) in [6, 6.07) is 47.4. The summed E-state index contributed by atoms with van der Waals surface area (Å²) in [5.41, 5.74) is 14.0. The minimum Gasteiger partial charge on any atom is -0.507 e. The number of aromatic hydroxyl groups is 1. The van der Waals surface area contributed by atoms with Crippen molar-refractivity contribution in [1.82, 2.24) is 14.5 Å². The van der Waals surface area contributed by atoms with Crippen LogP contribution in [0.2, 0.25) is 0 Å². The van der Waals surface area contributed by atoms with E-state index in [2.05, 4.69) is 119 Å². The quantitative estimate of drug-likeness (QED) is 0.149. The molecule has 2 saturated carbocycles.